The Morgan fingerprint density at radius 2 is 1.62 bits per heavy atom. The molecule has 3 rings (SSSR count). The number of aromatic nitrogens is 3. The number of ether oxygens (including phenoxy) is 2. The zero-order valence-corrected chi connectivity index (χ0v) is 18.5. The van der Waals surface area contributed by atoms with Gasteiger partial charge in [0.05, 0.1) is 25.5 Å². The van der Waals surface area contributed by atoms with Crippen molar-refractivity contribution in [3.05, 3.63) is 35.8 Å². The van der Waals surface area contributed by atoms with Gasteiger partial charge in [0, 0.05) is 25.5 Å². The summed E-state index contributed by atoms with van der Waals surface area (Å²) in [5.41, 5.74) is 4.60. The van der Waals surface area contributed by atoms with Crippen LogP contribution in [0.2, 0.25) is 0 Å². The third kappa shape index (κ3) is 3.88. The van der Waals surface area contributed by atoms with E-state index < -0.39 is 0 Å². The number of hydrogen-bond acceptors (Lipinski definition) is 5. The summed E-state index contributed by atoms with van der Waals surface area (Å²) in [5.74, 6) is 2.65. The van der Waals surface area contributed by atoms with Crippen LogP contribution in [0.15, 0.2) is 24.5 Å². The van der Waals surface area contributed by atoms with Gasteiger partial charge in [0.2, 0.25) is 0 Å². The normalized spacial score (nSPS) is 11.1. The predicted molar refractivity (Wildman–Crippen MR) is 118 cm³/mol. The van der Waals surface area contributed by atoms with Crippen LogP contribution < -0.4 is 14.4 Å². The number of rotatable bonds is 9. The Morgan fingerprint density at radius 3 is 2.14 bits per heavy atom. The van der Waals surface area contributed by atoms with Gasteiger partial charge in [0.1, 0.15) is 23.0 Å². The maximum Gasteiger partial charge on any atom is 0.165 e. The second kappa shape index (κ2) is 9.16. The molecule has 0 saturated carbocycles. The minimum absolute atomic E-state index is 0.740. The summed E-state index contributed by atoms with van der Waals surface area (Å²) in [4.78, 5) is 12.2. The molecular weight excluding hydrogens is 364 g/mol. The van der Waals surface area contributed by atoms with Crippen molar-refractivity contribution in [1.82, 2.24) is 14.4 Å². The second-order valence-corrected chi connectivity index (χ2v) is 7.24. The zero-order valence-electron chi connectivity index (χ0n) is 18.5. The fourth-order valence-corrected chi connectivity index (χ4v) is 3.90. The fraction of sp³-hybridized carbons (Fsp3) is 0.478. The molecule has 1 aromatic carbocycles. The molecule has 6 nitrogen and oxygen atoms in total. The molecule has 156 valence electrons. The molecule has 0 aliphatic carbocycles. The van der Waals surface area contributed by atoms with E-state index in [1.54, 1.807) is 14.2 Å². The highest BCUT2D eigenvalue weighted by atomic mass is 16.5. The van der Waals surface area contributed by atoms with E-state index in [0.29, 0.717) is 0 Å². The van der Waals surface area contributed by atoms with Crippen molar-refractivity contribution >= 4 is 11.5 Å². The molecule has 2 heterocycles. The first-order valence-electron chi connectivity index (χ1n) is 10.4. The van der Waals surface area contributed by atoms with Gasteiger partial charge in [-0.3, -0.25) is 9.38 Å². The summed E-state index contributed by atoms with van der Waals surface area (Å²) in [6.45, 7) is 10.6. The van der Waals surface area contributed by atoms with Crippen molar-refractivity contribution in [2.45, 2.75) is 47.0 Å². The van der Waals surface area contributed by atoms with Crippen molar-refractivity contribution in [3.63, 3.8) is 0 Å². The van der Waals surface area contributed by atoms with Gasteiger partial charge < -0.3 is 14.4 Å². The summed E-state index contributed by atoms with van der Waals surface area (Å²) in [6, 6.07) is 4.02. The van der Waals surface area contributed by atoms with Crippen LogP contribution in [0.1, 0.15) is 44.9 Å². The Kier molecular flexibility index (Phi) is 6.62. The second-order valence-electron chi connectivity index (χ2n) is 7.24. The van der Waals surface area contributed by atoms with E-state index in [4.69, 9.17) is 19.4 Å². The first-order valence-corrected chi connectivity index (χ1v) is 10.4. The molecule has 2 aromatic heterocycles. The number of aryl methyl sites for hydroxylation is 2. The monoisotopic (exact) mass is 396 g/mol. The third-order valence-electron chi connectivity index (χ3n) is 5.09. The molecule has 0 atom stereocenters. The molecule has 0 saturated heterocycles. The maximum absolute atomic E-state index is 5.69. The average Bonchev–Trinajstić information content (AvgIpc) is 3.11. The summed E-state index contributed by atoms with van der Waals surface area (Å²) in [7, 11) is 3.35. The van der Waals surface area contributed by atoms with Crippen molar-refractivity contribution in [1.29, 1.82) is 0 Å². The third-order valence-corrected chi connectivity index (χ3v) is 5.09. The molecule has 0 aliphatic rings. The van der Waals surface area contributed by atoms with Crippen LogP contribution >= 0.6 is 0 Å². The van der Waals surface area contributed by atoms with Gasteiger partial charge in [-0.25, -0.2) is 4.98 Å². The van der Waals surface area contributed by atoms with E-state index in [0.717, 1.165) is 72.0 Å². The number of fused-ring (bicyclic) bond motifs is 1. The van der Waals surface area contributed by atoms with Crippen LogP contribution in [-0.4, -0.2) is 41.7 Å². The number of hydrogen-bond donors (Lipinski definition) is 0. The lowest BCUT2D eigenvalue weighted by Crippen LogP contribution is -2.27. The molecule has 3 aromatic rings. The highest BCUT2D eigenvalue weighted by Crippen LogP contribution is 2.41. The molecule has 0 unspecified atom stereocenters. The minimum Gasteiger partial charge on any atom is -0.496 e. The number of imidazole rings is 1. The molecule has 0 bridgehead atoms. The standard InChI is InChI=1S/C23H32N4O2/c1-7-11-26(12-8-2)23-17(9-3)25-22-21(24-10-13-27(22)23)20-18(28-5)14-16(4)15-19(20)29-6/h10,13-15H,7-9,11-12H2,1-6H3. The Morgan fingerprint density at radius 1 is 1.00 bits per heavy atom. The number of methoxy groups -OCH3 is 2. The highest BCUT2D eigenvalue weighted by Gasteiger charge is 2.23. The molecule has 0 fully saturated rings. The van der Waals surface area contributed by atoms with Crippen molar-refractivity contribution in [3.8, 4) is 22.8 Å². The molecular formula is C23H32N4O2. The van der Waals surface area contributed by atoms with Crippen molar-refractivity contribution < 1.29 is 9.47 Å². The first-order chi connectivity index (χ1) is 14.1. The topological polar surface area (TPSA) is 51.9 Å². The van der Waals surface area contributed by atoms with Crippen LogP contribution in [-0.2, 0) is 6.42 Å². The van der Waals surface area contributed by atoms with Crippen LogP contribution in [0.4, 0.5) is 5.82 Å². The zero-order chi connectivity index (χ0) is 21.0. The molecule has 0 radical (unpaired) electrons. The summed E-state index contributed by atoms with van der Waals surface area (Å²) in [5, 5.41) is 0. The van der Waals surface area contributed by atoms with E-state index in [-0.39, 0.29) is 0 Å². The van der Waals surface area contributed by atoms with Crippen LogP contribution in [0.3, 0.4) is 0 Å². The Bertz CT molecular complexity index is 949. The van der Waals surface area contributed by atoms with Gasteiger partial charge in [-0.2, -0.15) is 0 Å². The van der Waals surface area contributed by atoms with E-state index in [1.807, 2.05) is 31.5 Å². The molecule has 0 aliphatic heterocycles. The summed E-state index contributed by atoms with van der Waals surface area (Å²) < 4.78 is 13.6. The lowest BCUT2D eigenvalue weighted by atomic mass is 10.1. The lowest BCUT2D eigenvalue weighted by Gasteiger charge is -2.24. The predicted octanol–water partition coefficient (Wildman–Crippen LogP) is 4.91. The molecule has 29 heavy (non-hydrogen) atoms. The van der Waals surface area contributed by atoms with Gasteiger partial charge >= 0.3 is 0 Å². The van der Waals surface area contributed by atoms with Crippen molar-refractivity contribution in [2.75, 3.05) is 32.2 Å². The lowest BCUT2D eigenvalue weighted by molar-refractivity contribution is 0.396. The largest absolute Gasteiger partial charge is 0.496 e. The van der Waals surface area contributed by atoms with Crippen LogP contribution in [0, 0.1) is 6.92 Å². The Labute approximate surface area is 173 Å². The number of nitrogens with zero attached hydrogens (tertiary/aromatic N) is 4. The summed E-state index contributed by atoms with van der Waals surface area (Å²) in [6.07, 6.45) is 6.89. The smallest absolute Gasteiger partial charge is 0.165 e. The SMILES string of the molecule is CCCN(CCC)c1c(CC)nc2c(-c3c(OC)cc(C)cc3OC)nccn12. The van der Waals surface area contributed by atoms with Gasteiger partial charge in [-0.05, 0) is 43.9 Å². The van der Waals surface area contributed by atoms with E-state index in [9.17, 15) is 0 Å². The van der Waals surface area contributed by atoms with Crippen LogP contribution in [0.25, 0.3) is 16.9 Å². The fourth-order valence-electron chi connectivity index (χ4n) is 3.90. The van der Waals surface area contributed by atoms with E-state index >= 15 is 0 Å². The Hall–Kier alpha value is -2.76. The first kappa shape index (κ1) is 21.0. The van der Waals surface area contributed by atoms with Gasteiger partial charge in [-0.15, -0.1) is 0 Å². The van der Waals surface area contributed by atoms with Crippen LogP contribution in [0.5, 0.6) is 11.5 Å². The number of benzene rings is 1. The van der Waals surface area contributed by atoms with Crippen molar-refractivity contribution in [2.24, 2.45) is 0 Å². The van der Waals surface area contributed by atoms with Gasteiger partial charge in [0.15, 0.2) is 5.65 Å². The quantitative estimate of drug-likeness (QED) is 0.514. The minimum atomic E-state index is 0.740. The highest BCUT2D eigenvalue weighted by molar-refractivity contribution is 5.84. The summed E-state index contributed by atoms with van der Waals surface area (Å²) >= 11 is 0. The van der Waals surface area contributed by atoms with E-state index in [2.05, 4.69) is 30.1 Å². The maximum atomic E-state index is 5.69. The number of anilines is 1. The molecule has 6 heteroatoms. The molecule has 0 amide bonds. The Balaban J connectivity index is 2.31. The van der Waals surface area contributed by atoms with E-state index in [1.165, 1.54) is 5.82 Å². The molecule has 0 N–H and O–H groups in total. The van der Waals surface area contributed by atoms with Gasteiger partial charge in [0.25, 0.3) is 0 Å². The molecule has 0 spiro atoms. The average molecular weight is 397 g/mol. The van der Waals surface area contributed by atoms with Gasteiger partial charge in [-0.1, -0.05) is 20.8 Å².